The molecule has 3 amide bonds. The summed E-state index contributed by atoms with van der Waals surface area (Å²) in [6, 6.07) is 3.33. The number of ether oxygens (including phenoxy) is 2. The zero-order valence-corrected chi connectivity index (χ0v) is 23.9. The standard InChI is InChI=1S/C23H24ClF3IN3O7/c1-22(2,3)37-20(33)30(21(34)38-23(4,5)6)18-13(25)7-8-15(17(18)27)29-19(32)12-9-11(28-31(35)36)10-14(26)16(12)24/h7-10,35H,1-6H3,(H,29,32)/q-2. The predicted molar refractivity (Wildman–Crippen MR) is 126 cm³/mol. The average molecular weight is 674 g/mol. The van der Waals surface area contributed by atoms with E-state index >= 15 is 4.39 Å². The fraction of sp³-hybridized carbons (Fsp3) is 0.348. The van der Waals surface area contributed by atoms with E-state index in [1.54, 1.807) is 0 Å². The number of hydrogen-bond donors (Lipinski definition) is 2. The summed E-state index contributed by atoms with van der Waals surface area (Å²) in [5.41, 5.74) is -4.78. The molecule has 15 heteroatoms. The molecule has 0 bridgehead atoms. The Morgan fingerprint density at radius 3 is 1.97 bits per heavy atom. The summed E-state index contributed by atoms with van der Waals surface area (Å²) in [5, 5.41) is 21.3. The fourth-order valence-corrected chi connectivity index (χ4v) is 4.29. The average Bonchev–Trinajstić information content (AvgIpc) is 2.72. The van der Waals surface area contributed by atoms with Crippen LogP contribution in [0.25, 0.3) is 0 Å². The molecule has 10 nitrogen and oxygen atoms in total. The zero-order valence-electron chi connectivity index (χ0n) is 21.0. The molecule has 0 saturated heterocycles. The van der Waals surface area contributed by atoms with Crippen molar-refractivity contribution < 1.29 is 63.7 Å². The molecule has 2 aromatic rings. The van der Waals surface area contributed by atoms with Gasteiger partial charge < -0.3 is 0 Å². The number of nitrogens with one attached hydrogen (secondary N) is 1. The predicted octanol–water partition coefficient (Wildman–Crippen LogP) is 3.05. The molecule has 2 rings (SSSR count). The van der Waals surface area contributed by atoms with Gasteiger partial charge in [-0.2, -0.15) is 0 Å². The Morgan fingerprint density at radius 2 is 1.50 bits per heavy atom. The van der Waals surface area contributed by atoms with E-state index in [4.69, 9.17) is 26.3 Å². The summed E-state index contributed by atoms with van der Waals surface area (Å²) in [4.78, 5) is 38.5. The van der Waals surface area contributed by atoms with Crippen molar-refractivity contribution in [1.82, 2.24) is 3.44 Å². The van der Waals surface area contributed by atoms with Crippen molar-refractivity contribution in [1.29, 1.82) is 0 Å². The van der Waals surface area contributed by atoms with Gasteiger partial charge in [-0.25, -0.2) is 0 Å². The van der Waals surface area contributed by atoms with Crippen molar-refractivity contribution in [2.45, 2.75) is 52.7 Å². The van der Waals surface area contributed by atoms with Crippen LogP contribution in [0.3, 0.4) is 0 Å². The summed E-state index contributed by atoms with van der Waals surface area (Å²) in [6.45, 7) is 8.77. The molecule has 0 radical (unpaired) electrons. The van der Waals surface area contributed by atoms with Gasteiger partial charge in [0.2, 0.25) is 0 Å². The van der Waals surface area contributed by atoms with Crippen LogP contribution >= 0.6 is 11.6 Å². The molecular formula is C23H24ClF3IN3O7-2. The summed E-state index contributed by atoms with van der Waals surface area (Å²) >= 11 is 4.05. The van der Waals surface area contributed by atoms with Crippen LogP contribution in [0.2, 0.25) is 5.02 Å². The van der Waals surface area contributed by atoms with E-state index in [0.717, 1.165) is 18.2 Å². The van der Waals surface area contributed by atoms with E-state index in [2.05, 4.69) is 5.32 Å². The number of rotatable bonds is 5. The van der Waals surface area contributed by atoms with Crippen molar-refractivity contribution in [2.75, 3.05) is 10.2 Å². The monoisotopic (exact) mass is 673 g/mol. The van der Waals surface area contributed by atoms with E-state index < -0.39 is 93.6 Å². The van der Waals surface area contributed by atoms with Crippen molar-refractivity contribution in [2.24, 2.45) is 0 Å². The number of hydrogen-bond acceptors (Lipinski definition) is 8. The van der Waals surface area contributed by atoms with Gasteiger partial charge in [0.05, 0.1) is 0 Å². The molecule has 2 N–H and O–H groups in total. The van der Waals surface area contributed by atoms with Gasteiger partial charge in [0.15, 0.2) is 0 Å². The molecule has 0 atom stereocenters. The topological polar surface area (TPSA) is 131 Å². The number of halogens is 5. The van der Waals surface area contributed by atoms with Gasteiger partial charge >= 0.3 is 191 Å². The summed E-state index contributed by atoms with van der Waals surface area (Å²) in [6.07, 6.45) is -2.91. The summed E-state index contributed by atoms with van der Waals surface area (Å²) < 4.78 is 54.5. The Kier molecular flexibility index (Phi) is 9.99. The molecule has 0 spiro atoms. The van der Waals surface area contributed by atoms with Crippen LogP contribution in [-0.2, 0) is 9.47 Å². The maximum absolute atomic E-state index is 15.6. The minimum absolute atomic E-state index is 0.0125. The number of imide groups is 1. The Hall–Kier alpha value is -2.66. The molecule has 210 valence electrons. The Morgan fingerprint density at radius 1 is 0.974 bits per heavy atom. The van der Waals surface area contributed by atoms with E-state index in [1.165, 1.54) is 41.5 Å². The van der Waals surface area contributed by atoms with Crippen molar-refractivity contribution in [3.63, 3.8) is 0 Å². The second-order valence-corrected chi connectivity index (χ2v) is 12.5. The quantitative estimate of drug-likeness (QED) is 0.215. The number of carbonyl (C=O) groups is 3. The molecule has 0 aromatic heterocycles. The molecule has 0 aliphatic rings. The third-order valence-corrected chi connectivity index (χ3v) is 6.08. The van der Waals surface area contributed by atoms with E-state index in [0.29, 0.717) is 6.07 Å². The first-order chi connectivity index (χ1) is 17.3. The van der Waals surface area contributed by atoms with Crippen molar-refractivity contribution >= 4 is 41.1 Å². The number of anilines is 2. The Bertz CT molecular complexity index is 1220. The Labute approximate surface area is 231 Å². The molecule has 38 heavy (non-hydrogen) atoms. The molecule has 0 saturated carbocycles. The number of carbonyl (C=O) groups excluding carboxylic acids is 3. The SMILES string of the molecule is CC(C)(C)OC(=O)N(C(=O)OC(C)(C)C)c1c(F)ccc(NC(=O)c2cc([I-]N([O-])O)cc(F)c2Cl)c1F. The Balaban J connectivity index is 2.57. The summed E-state index contributed by atoms with van der Waals surface area (Å²) in [5.74, 6) is -5.19. The van der Waals surface area contributed by atoms with Gasteiger partial charge in [0.1, 0.15) is 0 Å². The first kappa shape index (κ1) is 31.6. The van der Waals surface area contributed by atoms with Gasteiger partial charge in [-0.05, 0) is 41.5 Å². The van der Waals surface area contributed by atoms with Crippen LogP contribution < -0.4 is 31.7 Å². The normalized spacial score (nSPS) is 11.9. The van der Waals surface area contributed by atoms with Gasteiger partial charge in [-0.3, -0.25) is 0 Å². The molecule has 0 aliphatic heterocycles. The van der Waals surface area contributed by atoms with Crippen LogP contribution in [-0.4, -0.2) is 37.9 Å². The van der Waals surface area contributed by atoms with Crippen LogP contribution in [0.4, 0.5) is 34.1 Å². The fourth-order valence-electron chi connectivity index (χ4n) is 2.76. The summed E-state index contributed by atoms with van der Waals surface area (Å²) in [7, 11) is 0. The van der Waals surface area contributed by atoms with Crippen LogP contribution in [0.1, 0.15) is 51.9 Å². The number of amides is 3. The second kappa shape index (κ2) is 12.0. The molecule has 0 fully saturated rings. The number of benzene rings is 2. The van der Waals surface area contributed by atoms with E-state index in [1.807, 2.05) is 0 Å². The molecule has 0 aliphatic carbocycles. The molecular weight excluding hydrogens is 650 g/mol. The van der Waals surface area contributed by atoms with Gasteiger partial charge in [0.25, 0.3) is 0 Å². The molecule has 0 heterocycles. The third kappa shape index (κ3) is 8.42. The first-order valence-corrected chi connectivity index (χ1v) is 13.1. The third-order valence-electron chi connectivity index (χ3n) is 4.10. The second-order valence-electron chi connectivity index (χ2n) is 9.57. The van der Waals surface area contributed by atoms with Crippen LogP contribution in [0.15, 0.2) is 24.3 Å². The minimum atomic E-state index is -1.81. The molecule has 0 unspecified atom stereocenters. The van der Waals surface area contributed by atoms with Crippen molar-refractivity contribution in [3.05, 3.63) is 61.1 Å². The first-order valence-electron chi connectivity index (χ1n) is 10.7. The maximum atomic E-state index is 15.6. The van der Waals surface area contributed by atoms with Gasteiger partial charge in [-0.15, -0.1) is 0 Å². The number of nitrogens with zero attached hydrogens (tertiary/aromatic N) is 2. The zero-order chi connectivity index (χ0) is 29.2. The van der Waals surface area contributed by atoms with Crippen molar-refractivity contribution in [3.8, 4) is 0 Å². The van der Waals surface area contributed by atoms with Gasteiger partial charge in [0, 0.05) is 0 Å². The van der Waals surface area contributed by atoms with Crippen LogP contribution in [0, 0.1) is 26.2 Å². The van der Waals surface area contributed by atoms with Gasteiger partial charge in [-0.1, -0.05) is 0 Å². The van der Waals surface area contributed by atoms with Crippen LogP contribution in [0.5, 0.6) is 0 Å². The molecule has 2 aromatic carbocycles. The van der Waals surface area contributed by atoms with E-state index in [-0.39, 0.29) is 8.47 Å². The van der Waals surface area contributed by atoms with E-state index in [9.17, 15) is 28.4 Å².